The molecule has 0 radical (unpaired) electrons. The van der Waals surface area contributed by atoms with E-state index >= 15 is 0 Å². The number of pyridine rings is 1. The first kappa shape index (κ1) is 15.2. The zero-order valence-corrected chi connectivity index (χ0v) is 12.8. The van der Waals surface area contributed by atoms with Crippen LogP contribution in [0.1, 0.15) is 15.9 Å². The van der Waals surface area contributed by atoms with Crippen molar-refractivity contribution in [3.05, 3.63) is 70.9 Å². The van der Waals surface area contributed by atoms with Gasteiger partial charge in [0.2, 0.25) is 0 Å². The Bertz CT molecular complexity index is 788. The summed E-state index contributed by atoms with van der Waals surface area (Å²) < 4.78 is 0. The number of rotatable bonds is 4. The minimum atomic E-state index is -0.451. The summed E-state index contributed by atoms with van der Waals surface area (Å²) in [6.45, 7) is -0.251. The molecule has 3 rings (SSSR count). The summed E-state index contributed by atoms with van der Waals surface area (Å²) in [7, 11) is 0. The van der Waals surface area contributed by atoms with Crippen molar-refractivity contribution in [2.24, 2.45) is 0 Å². The van der Waals surface area contributed by atoms with Gasteiger partial charge in [0.05, 0.1) is 11.4 Å². The number of benzene rings is 1. The molecular formula is C17H12N2O3S. The van der Waals surface area contributed by atoms with Crippen LogP contribution in [0.3, 0.4) is 0 Å². The molecule has 0 atom stereocenters. The molecule has 0 N–H and O–H groups in total. The summed E-state index contributed by atoms with van der Waals surface area (Å²) in [5, 5.41) is -0.436. The van der Waals surface area contributed by atoms with Crippen molar-refractivity contribution in [3.63, 3.8) is 0 Å². The quantitative estimate of drug-likeness (QED) is 0.639. The molecule has 6 heteroatoms. The minimum absolute atomic E-state index is 0.251. The average Bonchev–Trinajstić information content (AvgIpc) is 2.84. The van der Waals surface area contributed by atoms with Crippen LogP contribution in [0, 0.1) is 0 Å². The molecule has 0 unspecified atom stereocenters. The number of carbonyl (C=O) groups is 3. The van der Waals surface area contributed by atoms with E-state index in [-0.39, 0.29) is 12.3 Å². The monoisotopic (exact) mass is 324 g/mol. The normalized spacial score (nSPS) is 16.2. The molecule has 0 aliphatic carbocycles. The van der Waals surface area contributed by atoms with Gasteiger partial charge in [-0.3, -0.25) is 24.3 Å². The highest BCUT2D eigenvalue weighted by Gasteiger charge is 2.36. The third kappa shape index (κ3) is 3.37. The molecule has 0 saturated carbocycles. The van der Waals surface area contributed by atoms with E-state index in [2.05, 4.69) is 4.98 Å². The zero-order chi connectivity index (χ0) is 16.2. The molecule has 0 bridgehead atoms. The first-order valence-corrected chi connectivity index (χ1v) is 7.70. The lowest BCUT2D eigenvalue weighted by atomic mass is 10.1. The number of hydrogen-bond donors (Lipinski definition) is 0. The van der Waals surface area contributed by atoms with Crippen molar-refractivity contribution in [2.45, 2.75) is 0 Å². The van der Waals surface area contributed by atoms with Crippen LogP contribution in [0.5, 0.6) is 0 Å². The fourth-order valence-electron chi connectivity index (χ4n) is 2.11. The van der Waals surface area contributed by atoms with Crippen LogP contribution in [0.2, 0.25) is 0 Å². The molecule has 0 spiro atoms. The SMILES string of the molecule is O=C(CN1C(=O)SC(=Cc2cccnc2)C1=O)c1ccccc1. The standard InChI is InChI=1S/C17H12N2O3S/c20-14(13-6-2-1-3-7-13)11-19-16(21)15(23-17(19)22)9-12-5-4-8-18-10-12/h1-10H,11H2. The van der Waals surface area contributed by atoms with E-state index in [0.717, 1.165) is 22.2 Å². The molecule has 1 aromatic carbocycles. The van der Waals surface area contributed by atoms with Crippen LogP contribution >= 0.6 is 11.8 Å². The van der Waals surface area contributed by atoms with Crippen LogP contribution < -0.4 is 0 Å². The van der Waals surface area contributed by atoms with Crippen molar-refractivity contribution >= 4 is 34.8 Å². The van der Waals surface area contributed by atoms with Crippen molar-refractivity contribution in [1.82, 2.24) is 9.88 Å². The highest BCUT2D eigenvalue weighted by molar-refractivity contribution is 8.18. The van der Waals surface area contributed by atoms with Gasteiger partial charge in [0, 0.05) is 18.0 Å². The van der Waals surface area contributed by atoms with Gasteiger partial charge in [0.1, 0.15) is 0 Å². The third-order valence-corrected chi connectivity index (χ3v) is 4.16. The van der Waals surface area contributed by atoms with E-state index in [1.165, 1.54) is 0 Å². The number of carbonyl (C=O) groups excluding carboxylic acids is 3. The van der Waals surface area contributed by atoms with E-state index in [1.807, 2.05) is 0 Å². The fraction of sp³-hybridized carbons (Fsp3) is 0.0588. The number of amides is 2. The van der Waals surface area contributed by atoms with Crippen LogP contribution in [0.15, 0.2) is 59.8 Å². The van der Waals surface area contributed by atoms with Gasteiger partial charge < -0.3 is 0 Å². The Labute approximate surface area is 137 Å². The Hall–Kier alpha value is -2.73. The second-order valence-corrected chi connectivity index (χ2v) is 5.84. The molecule has 2 amide bonds. The van der Waals surface area contributed by atoms with E-state index in [9.17, 15) is 14.4 Å². The number of aromatic nitrogens is 1. The van der Waals surface area contributed by atoms with Gasteiger partial charge in [-0.1, -0.05) is 36.4 Å². The molecule has 1 aromatic heterocycles. The van der Waals surface area contributed by atoms with Gasteiger partial charge in [-0.15, -0.1) is 0 Å². The Morgan fingerprint density at radius 2 is 1.91 bits per heavy atom. The third-order valence-electron chi connectivity index (χ3n) is 3.25. The predicted molar refractivity (Wildman–Crippen MR) is 87.7 cm³/mol. The highest BCUT2D eigenvalue weighted by Crippen LogP contribution is 2.32. The van der Waals surface area contributed by atoms with Gasteiger partial charge in [0.25, 0.3) is 11.1 Å². The molecule has 114 valence electrons. The van der Waals surface area contributed by atoms with Crippen molar-refractivity contribution in [2.75, 3.05) is 6.54 Å². The summed E-state index contributed by atoms with van der Waals surface area (Å²) >= 11 is 0.832. The second kappa shape index (κ2) is 6.58. The maximum atomic E-state index is 12.3. The van der Waals surface area contributed by atoms with Crippen LogP contribution in [-0.2, 0) is 4.79 Å². The Morgan fingerprint density at radius 1 is 1.13 bits per heavy atom. The number of hydrogen-bond acceptors (Lipinski definition) is 5. The second-order valence-electron chi connectivity index (χ2n) is 4.84. The van der Waals surface area contributed by atoms with Crippen molar-refractivity contribution < 1.29 is 14.4 Å². The van der Waals surface area contributed by atoms with E-state index in [1.54, 1.807) is 60.9 Å². The van der Waals surface area contributed by atoms with E-state index in [4.69, 9.17) is 0 Å². The molecule has 1 fully saturated rings. The Kier molecular flexibility index (Phi) is 4.34. The number of ketones is 1. The lowest BCUT2D eigenvalue weighted by molar-refractivity contribution is -0.122. The maximum absolute atomic E-state index is 12.3. The largest absolute Gasteiger partial charge is 0.293 e. The molecular weight excluding hydrogens is 312 g/mol. The van der Waals surface area contributed by atoms with Crippen molar-refractivity contribution in [1.29, 1.82) is 0 Å². The minimum Gasteiger partial charge on any atom is -0.292 e. The Balaban J connectivity index is 1.77. The lowest BCUT2D eigenvalue weighted by Gasteiger charge is -2.11. The van der Waals surface area contributed by atoms with E-state index in [0.29, 0.717) is 10.5 Å². The number of imide groups is 1. The summed E-state index contributed by atoms with van der Waals surface area (Å²) in [6, 6.07) is 12.1. The zero-order valence-electron chi connectivity index (χ0n) is 12.0. The number of Topliss-reactive ketones (excluding diaryl/α,β-unsaturated/α-hetero) is 1. The first-order chi connectivity index (χ1) is 11.1. The summed E-state index contributed by atoms with van der Waals surface area (Å²) in [5.41, 5.74) is 1.20. The number of nitrogens with zero attached hydrogens (tertiary/aromatic N) is 2. The Morgan fingerprint density at radius 3 is 2.61 bits per heavy atom. The maximum Gasteiger partial charge on any atom is 0.293 e. The molecule has 2 aromatic rings. The lowest BCUT2D eigenvalue weighted by Crippen LogP contribution is -2.33. The van der Waals surface area contributed by atoms with E-state index < -0.39 is 11.1 Å². The molecule has 5 nitrogen and oxygen atoms in total. The molecule has 1 aliphatic heterocycles. The fourth-order valence-corrected chi connectivity index (χ4v) is 2.95. The summed E-state index contributed by atoms with van der Waals surface area (Å²) in [4.78, 5) is 41.7. The average molecular weight is 324 g/mol. The smallest absolute Gasteiger partial charge is 0.292 e. The highest BCUT2D eigenvalue weighted by atomic mass is 32.2. The van der Waals surface area contributed by atoms with Gasteiger partial charge in [-0.05, 0) is 29.5 Å². The topological polar surface area (TPSA) is 67.3 Å². The summed E-state index contributed by atoms with van der Waals surface area (Å²) in [5.74, 6) is -0.719. The molecule has 1 aliphatic rings. The van der Waals surface area contributed by atoms with Crippen molar-refractivity contribution in [3.8, 4) is 0 Å². The van der Waals surface area contributed by atoms with Gasteiger partial charge >= 0.3 is 0 Å². The van der Waals surface area contributed by atoms with Crippen LogP contribution in [-0.4, -0.2) is 33.4 Å². The first-order valence-electron chi connectivity index (χ1n) is 6.89. The molecule has 23 heavy (non-hydrogen) atoms. The van der Waals surface area contributed by atoms with Gasteiger partial charge in [-0.2, -0.15) is 0 Å². The number of thioether (sulfide) groups is 1. The molecule has 2 heterocycles. The van der Waals surface area contributed by atoms with Gasteiger partial charge in [0.15, 0.2) is 5.78 Å². The predicted octanol–water partition coefficient (Wildman–Crippen LogP) is 3.00. The molecule has 1 saturated heterocycles. The van der Waals surface area contributed by atoms with Crippen LogP contribution in [0.25, 0.3) is 6.08 Å². The van der Waals surface area contributed by atoms with Gasteiger partial charge in [-0.25, -0.2) is 0 Å². The summed E-state index contributed by atoms with van der Waals surface area (Å²) in [6.07, 6.45) is 4.83. The van der Waals surface area contributed by atoms with Crippen LogP contribution in [0.4, 0.5) is 4.79 Å².